The molecule has 2 fully saturated rings. The molecule has 0 aliphatic carbocycles. The molecule has 4 heterocycles. The Balaban J connectivity index is 0.905. The molecule has 2 saturated heterocycles. The molecule has 2 aromatic heterocycles. The number of ether oxygens (including phenoxy) is 1. The Morgan fingerprint density at radius 2 is 1.72 bits per heavy atom. The largest absolute Gasteiger partial charge is 0.494 e. The number of hydrogen-bond donors (Lipinski definition) is 2. The quantitative estimate of drug-likeness (QED) is 0.257. The Labute approximate surface area is 271 Å². The van der Waals surface area contributed by atoms with Crippen molar-refractivity contribution in [1.29, 1.82) is 0 Å². The van der Waals surface area contributed by atoms with Crippen LogP contribution in [0.15, 0.2) is 79.1 Å². The van der Waals surface area contributed by atoms with Crippen LogP contribution in [0.25, 0.3) is 33.5 Å². The predicted octanol–water partition coefficient (Wildman–Crippen LogP) is 4.44. The zero-order chi connectivity index (χ0) is 32.3. The summed E-state index contributed by atoms with van der Waals surface area (Å²) in [5.74, 6) is 0.171. The summed E-state index contributed by atoms with van der Waals surface area (Å²) >= 11 is 0. The summed E-state index contributed by atoms with van der Waals surface area (Å²) in [7, 11) is 1.42. The topological polar surface area (TPSA) is 120 Å². The van der Waals surface area contributed by atoms with Crippen LogP contribution in [0.5, 0.6) is 5.75 Å². The fraction of sp³-hybridized carbons (Fsp3) is 0.286. The average molecular weight is 635 g/mol. The van der Waals surface area contributed by atoms with Crippen molar-refractivity contribution in [3.63, 3.8) is 0 Å². The third kappa shape index (κ3) is 6.50. The first-order valence-electron chi connectivity index (χ1n) is 15.7. The summed E-state index contributed by atoms with van der Waals surface area (Å²) in [6, 6.07) is 20.2. The van der Waals surface area contributed by atoms with Crippen LogP contribution in [0.4, 0.5) is 15.8 Å². The second kappa shape index (κ2) is 13.2. The van der Waals surface area contributed by atoms with Crippen LogP contribution in [0.1, 0.15) is 6.42 Å². The highest BCUT2D eigenvalue weighted by Gasteiger charge is 2.31. The molecule has 0 unspecified atom stereocenters. The minimum Gasteiger partial charge on any atom is -0.494 e. The number of benzene rings is 3. The molecule has 0 radical (unpaired) electrons. The van der Waals surface area contributed by atoms with E-state index in [1.807, 2.05) is 35.2 Å². The van der Waals surface area contributed by atoms with Gasteiger partial charge in [-0.15, -0.1) is 0 Å². The lowest BCUT2D eigenvalue weighted by atomic mass is 10.1. The number of piperazine rings is 1. The molecule has 3 aromatic carbocycles. The maximum Gasteiger partial charge on any atom is 0.236 e. The number of methoxy groups -OCH3 is 1. The van der Waals surface area contributed by atoms with E-state index < -0.39 is 5.82 Å². The first kappa shape index (κ1) is 30.3. The van der Waals surface area contributed by atoms with Gasteiger partial charge in [0.2, 0.25) is 11.8 Å². The smallest absolute Gasteiger partial charge is 0.236 e. The summed E-state index contributed by atoms with van der Waals surface area (Å²) in [4.78, 5) is 41.3. The molecule has 12 heteroatoms. The van der Waals surface area contributed by atoms with Gasteiger partial charge in [-0.25, -0.2) is 14.4 Å². The van der Waals surface area contributed by atoms with Gasteiger partial charge < -0.3 is 19.9 Å². The fourth-order valence-electron chi connectivity index (χ4n) is 6.33. The number of aromatic amines is 1. The molecular formula is C35H35FN8O3. The molecule has 2 N–H and O–H groups in total. The van der Waals surface area contributed by atoms with E-state index >= 15 is 0 Å². The third-order valence-corrected chi connectivity index (χ3v) is 8.95. The van der Waals surface area contributed by atoms with E-state index in [0.717, 1.165) is 35.2 Å². The zero-order valence-electron chi connectivity index (χ0n) is 26.0. The summed E-state index contributed by atoms with van der Waals surface area (Å²) < 4.78 is 19.4. The van der Waals surface area contributed by atoms with E-state index in [1.54, 1.807) is 30.6 Å². The van der Waals surface area contributed by atoms with Gasteiger partial charge in [0.15, 0.2) is 17.4 Å². The Hall–Kier alpha value is -5.36. The van der Waals surface area contributed by atoms with E-state index in [-0.39, 0.29) is 23.5 Å². The molecule has 7 rings (SSSR count). The first-order chi connectivity index (χ1) is 22.9. The highest BCUT2D eigenvalue weighted by molar-refractivity contribution is 5.99. The van der Waals surface area contributed by atoms with Gasteiger partial charge in [-0.3, -0.25) is 19.6 Å². The Bertz CT molecular complexity index is 1890. The van der Waals surface area contributed by atoms with Crippen LogP contribution in [-0.4, -0.2) is 94.7 Å². The van der Waals surface area contributed by atoms with Crippen molar-refractivity contribution in [3.05, 3.63) is 84.9 Å². The molecular weight excluding hydrogens is 599 g/mol. The second-order valence-corrected chi connectivity index (χ2v) is 11.9. The number of H-pyrrole nitrogens is 1. The van der Waals surface area contributed by atoms with Crippen molar-refractivity contribution in [3.8, 4) is 28.4 Å². The van der Waals surface area contributed by atoms with E-state index in [2.05, 4.69) is 47.4 Å². The number of carbonyl (C=O) groups is 2. The number of nitrogens with one attached hydrogen (secondary N) is 2. The molecule has 240 valence electrons. The maximum absolute atomic E-state index is 14.4. The number of halogens is 1. The van der Waals surface area contributed by atoms with Crippen molar-refractivity contribution in [2.45, 2.75) is 6.42 Å². The van der Waals surface area contributed by atoms with E-state index in [0.29, 0.717) is 61.9 Å². The molecule has 47 heavy (non-hydrogen) atoms. The number of amides is 2. The van der Waals surface area contributed by atoms with Crippen molar-refractivity contribution < 1.29 is 18.7 Å². The molecule has 5 aromatic rings. The van der Waals surface area contributed by atoms with Gasteiger partial charge in [0.05, 0.1) is 25.1 Å². The highest BCUT2D eigenvalue weighted by atomic mass is 19.1. The molecule has 11 nitrogen and oxygen atoms in total. The fourth-order valence-corrected chi connectivity index (χ4v) is 6.33. The van der Waals surface area contributed by atoms with Crippen molar-refractivity contribution in [1.82, 2.24) is 30.0 Å². The van der Waals surface area contributed by atoms with Crippen LogP contribution in [0, 0.1) is 11.7 Å². The van der Waals surface area contributed by atoms with Crippen LogP contribution >= 0.6 is 0 Å². The number of aromatic nitrogens is 4. The molecule has 0 bridgehead atoms. The van der Waals surface area contributed by atoms with E-state index in [9.17, 15) is 14.0 Å². The van der Waals surface area contributed by atoms with Gasteiger partial charge in [0.25, 0.3) is 0 Å². The van der Waals surface area contributed by atoms with Crippen LogP contribution in [-0.2, 0) is 9.59 Å². The number of hydrogen-bond acceptors (Lipinski definition) is 8. The Kier molecular flexibility index (Phi) is 8.49. The molecule has 2 amide bonds. The number of rotatable bonds is 8. The van der Waals surface area contributed by atoms with Crippen LogP contribution in [0.2, 0.25) is 0 Å². The van der Waals surface area contributed by atoms with Gasteiger partial charge in [0, 0.05) is 73.0 Å². The Morgan fingerprint density at radius 1 is 0.957 bits per heavy atom. The lowest BCUT2D eigenvalue weighted by molar-refractivity contribution is -0.132. The van der Waals surface area contributed by atoms with Crippen LogP contribution < -0.4 is 15.0 Å². The number of fused-ring (bicyclic) bond motifs is 1. The minimum absolute atomic E-state index is 0.0849. The van der Waals surface area contributed by atoms with Crippen LogP contribution in [0.3, 0.4) is 0 Å². The Morgan fingerprint density at radius 3 is 2.47 bits per heavy atom. The third-order valence-electron chi connectivity index (χ3n) is 8.95. The average Bonchev–Trinajstić information content (AvgIpc) is 3.76. The minimum atomic E-state index is -0.474. The number of nitrogens with zero attached hydrogens (tertiary/aromatic N) is 6. The normalized spacial score (nSPS) is 16.9. The van der Waals surface area contributed by atoms with Gasteiger partial charge in [-0.2, -0.15) is 5.10 Å². The molecule has 0 spiro atoms. The van der Waals surface area contributed by atoms with Gasteiger partial charge in [-0.05, 0) is 79.7 Å². The maximum atomic E-state index is 14.4. The lowest BCUT2D eigenvalue weighted by Crippen LogP contribution is -2.51. The summed E-state index contributed by atoms with van der Waals surface area (Å²) in [6.45, 7) is 4.35. The SMILES string of the molecule is COc1ccc(-c2n[nH]c3ccc(NC(=O)[C@@H]4CCN(CC(=O)N5CCN(c6ccc(-c7ncccn7)cc6)CC5)C4)cc23)cc1F. The standard InChI is InChI=1S/C35H35FN8O3/c1-47-31-10-5-24(19-29(31)36)33-28-20-26(6-9-30(28)40-41-33)39-35(46)25-11-14-42(21-25)22-32(45)44-17-15-43(16-18-44)27-7-3-23(4-8-27)34-37-12-2-13-38-34/h2-10,12-13,19-20,25H,11,14-18,21-22H2,1H3,(H,39,46)(H,40,41)/t25-/m1/s1. The molecule has 2 aliphatic rings. The van der Waals surface area contributed by atoms with Gasteiger partial charge >= 0.3 is 0 Å². The number of carbonyl (C=O) groups excluding carboxylic acids is 2. The molecule has 0 saturated carbocycles. The highest BCUT2D eigenvalue weighted by Crippen LogP contribution is 2.31. The predicted molar refractivity (Wildman–Crippen MR) is 177 cm³/mol. The van der Waals surface area contributed by atoms with Gasteiger partial charge in [0.1, 0.15) is 5.69 Å². The number of likely N-dealkylation sites (tertiary alicyclic amines) is 1. The van der Waals surface area contributed by atoms with E-state index in [4.69, 9.17) is 4.74 Å². The monoisotopic (exact) mass is 634 g/mol. The number of anilines is 2. The van der Waals surface area contributed by atoms with Gasteiger partial charge in [-0.1, -0.05) is 0 Å². The lowest BCUT2D eigenvalue weighted by Gasteiger charge is -2.36. The summed E-state index contributed by atoms with van der Waals surface area (Å²) in [6.07, 6.45) is 4.15. The molecule has 1 atom stereocenters. The van der Waals surface area contributed by atoms with Crippen molar-refractivity contribution in [2.75, 3.05) is 63.1 Å². The zero-order valence-corrected chi connectivity index (χ0v) is 26.0. The van der Waals surface area contributed by atoms with Crippen molar-refractivity contribution in [2.24, 2.45) is 5.92 Å². The second-order valence-electron chi connectivity index (χ2n) is 11.9. The van der Waals surface area contributed by atoms with Crippen molar-refractivity contribution >= 4 is 34.1 Å². The molecule has 2 aliphatic heterocycles. The summed E-state index contributed by atoms with van der Waals surface area (Å²) in [5.41, 5.74) is 4.68. The van der Waals surface area contributed by atoms with E-state index in [1.165, 1.54) is 13.2 Å². The summed E-state index contributed by atoms with van der Waals surface area (Å²) in [5, 5.41) is 11.2. The first-order valence-corrected chi connectivity index (χ1v) is 15.7.